The number of nitrogens with two attached hydrogens (primary N) is 1. The first-order valence-electron chi connectivity index (χ1n) is 6.33. The van der Waals surface area contributed by atoms with Gasteiger partial charge in [0.1, 0.15) is 11.6 Å². The minimum atomic E-state index is -0.767. The molecule has 2 N–H and O–H groups in total. The quantitative estimate of drug-likeness (QED) is 0.911. The van der Waals surface area contributed by atoms with E-state index in [0.29, 0.717) is 6.42 Å². The number of benzene rings is 2. The van der Waals surface area contributed by atoms with Crippen LogP contribution in [0.3, 0.4) is 0 Å². The summed E-state index contributed by atoms with van der Waals surface area (Å²) in [6, 6.07) is 12.0. The van der Waals surface area contributed by atoms with E-state index in [9.17, 15) is 13.6 Å². The second kappa shape index (κ2) is 6.39. The van der Waals surface area contributed by atoms with Crippen LogP contribution in [0.15, 0.2) is 48.5 Å². The van der Waals surface area contributed by atoms with Crippen molar-refractivity contribution in [3.05, 3.63) is 71.3 Å². The first kappa shape index (κ1) is 14.3. The Morgan fingerprint density at radius 2 is 1.60 bits per heavy atom. The lowest BCUT2D eigenvalue weighted by atomic mass is 9.98. The van der Waals surface area contributed by atoms with Gasteiger partial charge in [0.15, 0.2) is 5.78 Å². The van der Waals surface area contributed by atoms with Gasteiger partial charge < -0.3 is 5.73 Å². The molecule has 20 heavy (non-hydrogen) atoms. The highest BCUT2D eigenvalue weighted by atomic mass is 19.1. The number of ketones is 1. The molecular formula is C16H15F2NO. The summed E-state index contributed by atoms with van der Waals surface area (Å²) in [7, 11) is 0. The molecule has 0 saturated carbocycles. The zero-order valence-corrected chi connectivity index (χ0v) is 10.9. The second-order valence-electron chi connectivity index (χ2n) is 4.64. The number of carbonyl (C=O) groups excluding carboxylic acids is 1. The molecule has 2 aromatic carbocycles. The molecule has 104 valence electrons. The van der Waals surface area contributed by atoms with Crippen LogP contribution in [0, 0.1) is 11.6 Å². The Labute approximate surface area is 116 Å². The van der Waals surface area contributed by atoms with Crippen molar-refractivity contribution >= 4 is 5.78 Å². The fourth-order valence-corrected chi connectivity index (χ4v) is 1.99. The van der Waals surface area contributed by atoms with E-state index in [1.54, 1.807) is 0 Å². The van der Waals surface area contributed by atoms with Crippen LogP contribution < -0.4 is 5.73 Å². The van der Waals surface area contributed by atoms with Crippen LogP contribution >= 0.6 is 0 Å². The third-order valence-electron chi connectivity index (χ3n) is 3.12. The Morgan fingerprint density at radius 3 is 2.20 bits per heavy atom. The van der Waals surface area contributed by atoms with Crippen LogP contribution in [0.1, 0.15) is 11.1 Å². The Morgan fingerprint density at radius 1 is 1.00 bits per heavy atom. The van der Waals surface area contributed by atoms with Crippen molar-refractivity contribution in [2.75, 3.05) is 0 Å². The van der Waals surface area contributed by atoms with E-state index in [1.807, 2.05) is 30.3 Å². The van der Waals surface area contributed by atoms with Crippen LogP contribution in [0.25, 0.3) is 0 Å². The number of Topliss-reactive ketones (excluding diaryl/α,β-unsaturated/α-hetero) is 1. The Hall–Kier alpha value is -2.07. The number of carbonyl (C=O) groups is 1. The molecule has 4 heteroatoms. The predicted molar refractivity (Wildman–Crippen MR) is 73.2 cm³/mol. The highest BCUT2D eigenvalue weighted by Crippen LogP contribution is 2.14. The normalized spacial score (nSPS) is 12.2. The van der Waals surface area contributed by atoms with Gasteiger partial charge in [-0.2, -0.15) is 0 Å². The number of hydrogen-bond donors (Lipinski definition) is 1. The molecule has 0 saturated heterocycles. The topological polar surface area (TPSA) is 43.1 Å². The predicted octanol–water partition coefficient (Wildman–Crippen LogP) is 2.65. The lowest BCUT2D eigenvalue weighted by molar-refractivity contribution is -0.119. The molecule has 2 aromatic rings. The summed E-state index contributed by atoms with van der Waals surface area (Å²) in [5, 5.41) is 0. The summed E-state index contributed by atoms with van der Waals surface area (Å²) >= 11 is 0. The van der Waals surface area contributed by atoms with Gasteiger partial charge in [-0.25, -0.2) is 8.78 Å². The van der Waals surface area contributed by atoms with Gasteiger partial charge in [0.2, 0.25) is 0 Å². The van der Waals surface area contributed by atoms with E-state index in [-0.39, 0.29) is 17.8 Å². The number of halogens is 2. The average molecular weight is 275 g/mol. The summed E-state index contributed by atoms with van der Waals surface area (Å²) < 4.78 is 26.9. The number of rotatable bonds is 5. The first-order valence-corrected chi connectivity index (χ1v) is 6.33. The molecule has 2 nitrogen and oxygen atoms in total. The minimum Gasteiger partial charge on any atom is -0.321 e. The zero-order valence-electron chi connectivity index (χ0n) is 10.9. The van der Waals surface area contributed by atoms with Gasteiger partial charge in [-0.05, 0) is 24.1 Å². The Balaban J connectivity index is 2.05. The van der Waals surface area contributed by atoms with Crippen LogP contribution in [0.5, 0.6) is 0 Å². The van der Waals surface area contributed by atoms with Crippen molar-refractivity contribution < 1.29 is 13.6 Å². The molecule has 0 amide bonds. The highest BCUT2D eigenvalue weighted by molar-refractivity contribution is 5.86. The molecule has 0 aliphatic rings. The van der Waals surface area contributed by atoms with Gasteiger partial charge in [0.05, 0.1) is 6.04 Å². The van der Waals surface area contributed by atoms with Crippen LogP contribution in [-0.4, -0.2) is 11.8 Å². The Kier molecular flexibility index (Phi) is 4.58. The third-order valence-corrected chi connectivity index (χ3v) is 3.12. The van der Waals surface area contributed by atoms with Crippen molar-refractivity contribution in [1.82, 2.24) is 0 Å². The lowest BCUT2D eigenvalue weighted by Crippen LogP contribution is -2.34. The minimum absolute atomic E-state index is 0.221. The van der Waals surface area contributed by atoms with Gasteiger partial charge in [-0.3, -0.25) is 4.79 Å². The van der Waals surface area contributed by atoms with Crippen molar-refractivity contribution in [2.45, 2.75) is 18.9 Å². The molecule has 1 unspecified atom stereocenters. The fraction of sp³-hybridized carbons (Fsp3) is 0.188. The highest BCUT2D eigenvalue weighted by Gasteiger charge is 2.18. The molecule has 0 bridgehead atoms. The fourth-order valence-electron chi connectivity index (χ4n) is 1.99. The Bertz CT molecular complexity index is 578. The molecule has 0 fully saturated rings. The molecule has 0 aliphatic heterocycles. The number of hydrogen-bond acceptors (Lipinski definition) is 2. The van der Waals surface area contributed by atoms with Crippen molar-refractivity contribution in [1.29, 1.82) is 0 Å². The molecule has 1 atom stereocenters. The maximum Gasteiger partial charge on any atom is 0.154 e. The monoisotopic (exact) mass is 275 g/mol. The average Bonchev–Trinajstić information content (AvgIpc) is 2.44. The van der Waals surface area contributed by atoms with E-state index in [2.05, 4.69) is 0 Å². The maximum atomic E-state index is 13.5. The second-order valence-corrected chi connectivity index (χ2v) is 4.64. The molecule has 0 spiro atoms. The standard InChI is InChI=1S/C16H15F2NO/c17-13-7-4-8-14(18)12(13)10-16(20)15(19)9-11-5-2-1-3-6-11/h1-8,15H,9-10,19H2. The van der Waals surface area contributed by atoms with Gasteiger partial charge >= 0.3 is 0 Å². The van der Waals surface area contributed by atoms with E-state index >= 15 is 0 Å². The maximum absolute atomic E-state index is 13.5. The van der Waals surface area contributed by atoms with Gasteiger partial charge in [0.25, 0.3) is 0 Å². The van der Waals surface area contributed by atoms with E-state index in [4.69, 9.17) is 5.73 Å². The molecular weight excluding hydrogens is 260 g/mol. The van der Waals surface area contributed by atoms with Crippen LogP contribution in [0.2, 0.25) is 0 Å². The summed E-state index contributed by atoms with van der Waals surface area (Å²) in [6.07, 6.45) is 0.0300. The first-order chi connectivity index (χ1) is 9.58. The van der Waals surface area contributed by atoms with E-state index in [0.717, 1.165) is 17.7 Å². The molecule has 2 rings (SSSR count). The molecule has 0 aliphatic carbocycles. The summed E-state index contributed by atoms with van der Waals surface area (Å²) in [5.74, 6) is -1.81. The van der Waals surface area contributed by atoms with Gasteiger partial charge in [-0.1, -0.05) is 36.4 Å². The van der Waals surface area contributed by atoms with Crippen molar-refractivity contribution in [3.8, 4) is 0 Å². The summed E-state index contributed by atoms with van der Waals surface area (Å²) in [4.78, 5) is 12.0. The van der Waals surface area contributed by atoms with E-state index < -0.39 is 17.7 Å². The third kappa shape index (κ3) is 3.48. The molecule has 0 aromatic heterocycles. The van der Waals surface area contributed by atoms with Gasteiger partial charge in [-0.15, -0.1) is 0 Å². The summed E-state index contributed by atoms with van der Waals surface area (Å²) in [6.45, 7) is 0. The van der Waals surface area contributed by atoms with Crippen molar-refractivity contribution in [3.63, 3.8) is 0 Å². The summed E-state index contributed by atoms with van der Waals surface area (Å²) in [5.41, 5.74) is 6.50. The lowest BCUT2D eigenvalue weighted by Gasteiger charge is -2.11. The van der Waals surface area contributed by atoms with Crippen LogP contribution in [0.4, 0.5) is 8.78 Å². The molecule has 0 heterocycles. The smallest absolute Gasteiger partial charge is 0.154 e. The SMILES string of the molecule is NC(Cc1ccccc1)C(=O)Cc1c(F)cccc1F. The van der Waals surface area contributed by atoms with Gasteiger partial charge in [0, 0.05) is 12.0 Å². The largest absolute Gasteiger partial charge is 0.321 e. The molecule has 0 radical (unpaired) electrons. The van der Waals surface area contributed by atoms with E-state index in [1.165, 1.54) is 6.07 Å². The van der Waals surface area contributed by atoms with Crippen LogP contribution in [-0.2, 0) is 17.6 Å². The zero-order chi connectivity index (χ0) is 14.5. The van der Waals surface area contributed by atoms with Crippen molar-refractivity contribution in [2.24, 2.45) is 5.73 Å².